The van der Waals surface area contributed by atoms with Crippen molar-refractivity contribution >= 4 is 34.3 Å². The van der Waals surface area contributed by atoms with Crippen LogP contribution in [0.5, 0.6) is 0 Å². The van der Waals surface area contributed by atoms with E-state index in [1.165, 1.54) is 24.3 Å². The van der Waals surface area contributed by atoms with Crippen LogP contribution in [-0.4, -0.2) is 21.0 Å². The van der Waals surface area contributed by atoms with Crippen LogP contribution in [0.15, 0.2) is 66.7 Å². The third-order valence-electron chi connectivity index (χ3n) is 5.18. The average molecular weight is 506 g/mol. The van der Waals surface area contributed by atoms with Gasteiger partial charge in [-0.25, -0.2) is 9.78 Å². The molecule has 0 aliphatic heterocycles. The molecule has 36 heavy (non-hydrogen) atoms. The summed E-state index contributed by atoms with van der Waals surface area (Å²) in [4.78, 5) is 19.6. The van der Waals surface area contributed by atoms with E-state index in [2.05, 4.69) is 20.6 Å². The zero-order valence-electron chi connectivity index (χ0n) is 18.1. The molecule has 3 N–H and O–H groups in total. The van der Waals surface area contributed by atoms with E-state index in [4.69, 9.17) is 5.11 Å². The fourth-order valence-electron chi connectivity index (χ4n) is 3.43. The number of nitrogens with zero attached hydrogens (tertiary/aromatic N) is 2. The van der Waals surface area contributed by atoms with Gasteiger partial charge in [0.25, 0.3) is 0 Å². The number of rotatable bonds is 6. The predicted molar refractivity (Wildman–Crippen MR) is 120 cm³/mol. The summed E-state index contributed by atoms with van der Waals surface area (Å²) in [5.74, 6) is -0.872. The van der Waals surface area contributed by atoms with Crippen molar-refractivity contribution in [2.24, 2.45) is 0 Å². The summed E-state index contributed by atoms with van der Waals surface area (Å²) in [5, 5.41) is 15.3. The lowest BCUT2D eigenvalue weighted by Gasteiger charge is -2.17. The van der Waals surface area contributed by atoms with E-state index >= 15 is 0 Å². The minimum atomic E-state index is -5.00. The molecule has 0 spiro atoms. The first-order chi connectivity index (χ1) is 16.9. The molecule has 4 aromatic rings. The molecule has 3 aromatic carbocycles. The van der Waals surface area contributed by atoms with Crippen LogP contribution in [0.2, 0.25) is 0 Å². The van der Waals surface area contributed by atoms with Crippen molar-refractivity contribution < 1.29 is 36.2 Å². The molecular formula is C24H16F6N4O2. The van der Waals surface area contributed by atoms with Crippen molar-refractivity contribution in [3.63, 3.8) is 0 Å². The highest BCUT2D eigenvalue weighted by Gasteiger charge is 2.38. The lowest BCUT2D eigenvalue weighted by atomic mass is 10.0. The van der Waals surface area contributed by atoms with Gasteiger partial charge in [0.2, 0.25) is 5.95 Å². The number of hydrogen-bond donors (Lipinski definition) is 3. The Morgan fingerprint density at radius 2 is 1.56 bits per heavy atom. The highest BCUT2D eigenvalue weighted by molar-refractivity contribution is 5.92. The second kappa shape index (κ2) is 9.36. The molecule has 0 amide bonds. The second-order valence-corrected chi connectivity index (χ2v) is 7.64. The van der Waals surface area contributed by atoms with Gasteiger partial charge < -0.3 is 15.7 Å². The molecule has 1 aromatic heterocycles. The summed E-state index contributed by atoms with van der Waals surface area (Å²) in [6.07, 6.45) is -9.92. The molecule has 1 heterocycles. The maximum atomic E-state index is 13.5. The molecule has 0 bridgehead atoms. The van der Waals surface area contributed by atoms with Gasteiger partial charge in [-0.3, -0.25) is 0 Å². The number of aromatic carboxylic acids is 1. The molecular weight excluding hydrogens is 490 g/mol. The Kier molecular flexibility index (Phi) is 6.44. The fraction of sp³-hybridized carbons (Fsp3) is 0.125. The molecule has 0 radical (unpaired) electrons. The van der Waals surface area contributed by atoms with E-state index in [0.29, 0.717) is 22.7 Å². The van der Waals surface area contributed by atoms with E-state index in [0.717, 1.165) is 6.07 Å². The van der Waals surface area contributed by atoms with Crippen LogP contribution in [-0.2, 0) is 18.9 Å². The molecule has 0 saturated heterocycles. The van der Waals surface area contributed by atoms with Gasteiger partial charge in [-0.1, -0.05) is 18.2 Å². The molecule has 0 aliphatic carbocycles. The van der Waals surface area contributed by atoms with E-state index in [1.54, 1.807) is 24.3 Å². The first-order valence-electron chi connectivity index (χ1n) is 10.3. The summed E-state index contributed by atoms with van der Waals surface area (Å²) >= 11 is 0. The van der Waals surface area contributed by atoms with Crippen molar-refractivity contribution in [2.45, 2.75) is 18.9 Å². The number of carbonyl (C=O) groups is 1. The Balaban J connectivity index is 1.65. The highest BCUT2D eigenvalue weighted by Crippen LogP contribution is 2.37. The summed E-state index contributed by atoms with van der Waals surface area (Å²) in [7, 11) is 0. The number of hydrogen-bond acceptors (Lipinski definition) is 5. The standard InChI is InChI=1S/C24H16F6N4O2/c25-23(26,27)15-8-5-14(18(11-15)24(28,29)30)12-31-22-33-19-4-2-1-3-17(19)20(34-22)32-16-9-6-13(7-10-16)21(35)36/h1-11H,12H2,(H,35,36)(H2,31,32,33,34). The molecule has 0 fully saturated rings. The fourth-order valence-corrected chi connectivity index (χ4v) is 3.43. The third kappa shape index (κ3) is 5.48. The van der Waals surface area contributed by atoms with Gasteiger partial charge in [0, 0.05) is 17.6 Å². The Labute approximate surface area is 199 Å². The summed E-state index contributed by atoms with van der Waals surface area (Å²) < 4.78 is 79.2. The summed E-state index contributed by atoms with van der Waals surface area (Å²) in [5.41, 5.74) is -2.21. The van der Waals surface area contributed by atoms with Crippen LogP contribution in [0.25, 0.3) is 10.9 Å². The van der Waals surface area contributed by atoms with E-state index in [-0.39, 0.29) is 23.4 Å². The maximum Gasteiger partial charge on any atom is 0.416 e. The maximum absolute atomic E-state index is 13.5. The smallest absolute Gasteiger partial charge is 0.416 e. The van der Waals surface area contributed by atoms with Crippen molar-refractivity contribution in [3.8, 4) is 0 Å². The van der Waals surface area contributed by atoms with Crippen molar-refractivity contribution in [1.29, 1.82) is 0 Å². The molecule has 6 nitrogen and oxygen atoms in total. The quantitative estimate of drug-likeness (QED) is 0.252. The average Bonchev–Trinajstić information content (AvgIpc) is 2.82. The van der Waals surface area contributed by atoms with Crippen molar-refractivity contribution in [2.75, 3.05) is 10.6 Å². The minimum absolute atomic E-state index is 0.0635. The van der Waals surface area contributed by atoms with E-state index in [1.807, 2.05) is 0 Å². The molecule has 0 aliphatic rings. The largest absolute Gasteiger partial charge is 0.478 e. The number of aromatic nitrogens is 2. The van der Waals surface area contributed by atoms with Gasteiger partial charge in [-0.2, -0.15) is 31.3 Å². The Bertz CT molecular complexity index is 1420. The first kappa shape index (κ1) is 24.8. The predicted octanol–water partition coefficient (Wildman–Crippen LogP) is 6.72. The van der Waals surface area contributed by atoms with Gasteiger partial charge in [-0.15, -0.1) is 0 Å². The van der Waals surface area contributed by atoms with Crippen molar-refractivity contribution in [3.05, 3.63) is 89.0 Å². The number of anilines is 3. The Morgan fingerprint density at radius 1 is 0.861 bits per heavy atom. The number of carboxylic acids is 1. The van der Waals surface area contributed by atoms with Crippen LogP contribution >= 0.6 is 0 Å². The van der Waals surface area contributed by atoms with E-state index in [9.17, 15) is 31.1 Å². The minimum Gasteiger partial charge on any atom is -0.478 e. The topological polar surface area (TPSA) is 87.1 Å². The number of nitrogens with one attached hydrogen (secondary N) is 2. The van der Waals surface area contributed by atoms with Gasteiger partial charge in [0.15, 0.2) is 0 Å². The van der Waals surface area contributed by atoms with Crippen molar-refractivity contribution in [1.82, 2.24) is 9.97 Å². The third-order valence-corrected chi connectivity index (χ3v) is 5.18. The molecule has 12 heteroatoms. The second-order valence-electron chi connectivity index (χ2n) is 7.64. The highest BCUT2D eigenvalue weighted by atomic mass is 19.4. The summed E-state index contributed by atoms with van der Waals surface area (Å²) in [6, 6.07) is 14.0. The SMILES string of the molecule is O=C(O)c1ccc(Nc2nc(NCc3ccc(C(F)(F)F)cc3C(F)(F)F)nc3ccccc23)cc1. The lowest BCUT2D eigenvalue weighted by molar-refractivity contribution is -0.143. The number of para-hydroxylation sites is 1. The molecule has 4 rings (SSSR count). The van der Waals surface area contributed by atoms with E-state index < -0.39 is 41.6 Å². The van der Waals surface area contributed by atoms with Crippen LogP contribution in [0.3, 0.4) is 0 Å². The monoisotopic (exact) mass is 506 g/mol. The Hall–Kier alpha value is -4.35. The lowest BCUT2D eigenvalue weighted by Crippen LogP contribution is -2.15. The van der Waals surface area contributed by atoms with Crippen LogP contribution < -0.4 is 10.6 Å². The molecule has 0 saturated carbocycles. The summed E-state index contributed by atoms with van der Waals surface area (Å²) in [6.45, 7) is -0.488. The molecule has 0 unspecified atom stereocenters. The van der Waals surface area contributed by atoms with Gasteiger partial charge in [0.05, 0.1) is 22.2 Å². The van der Waals surface area contributed by atoms with Crippen LogP contribution in [0.1, 0.15) is 27.0 Å². The molecule has 186 valence electrons. The number of benzene rings is 3. The zero-order valence-corrected chi connectivity index (χ0v) is 18.1. The van der Waals surface area contributed by atoms with Crippen LogP contribution in [0, 0.1) is 0 Å². The van der Waals surface area contributed by atoms with Gasteiger partial charge >= 0.3 is 18.3 Å². The number of fused-ring (bicyclic) bond motifs is 1. The number of carboxylic acid groups (broad SMARTS) is 1. The molecule has 0 atom stereocenters. The van der Waals surface area contributed by atoms with Gasteiger partial charge in [-0.05, 0) is 54.1 Å². The number of halogens is 6. The Morgan fingerprint density at radius 3 is 2.19 bits per heavy atom. The van der Waals surface area contributed by atoms with Crippen LogP contribution in [0.4, 0.5) is 43.8 Å². The number of alkyl halides is 6. The normalized spacial score (nSPS) is 11.9. The zero-order chi connectivity index (χ0) is 26.1. The van der Waals surface area contributed by atoms with Gasteiger partial charge in [0.1, 0.15) is 5.82 Å². The first-order valence-corrected chi connectivity index (χ1v) is 10.3.